The largest absolute Gasteiger partial charge is 0.444 e. The number of carbonyl (C=O) groups is 1. The van der Waals surface area contributed by atoms with Crippen LogP contribution in [0.5, 0.6) is 0 Å². The molecule has 0 aromatic carbocycles. The topological polar surface area (TPSA) is 59.4 Å². The molecule has 1 aromatic rings. The lowest BCUT2D eigenvalue weighted by Gasteiger charge is -2.57. The number of nitrogens with zero attached hydrogens (tertiary/aromatic N) is 3. The zero-order valence-electron chi connectivity index (χ0n) is 15.7. The zero-order chi connectivity index (χ0) is 17.7. The number of hydrogen-bond donors (Lipinski definition) is 1. The van der Waals surface area contributed by atoms with Crippen LogP contribution in [0.15, 0.2) is 12.4 Å². The van der Waals surface area contributed by atoms with Crippen molar-refractivity contribution >= 4 is 6.09 Å². The van der Waals surface area contributed by atoms with Crippen molar-refractivity contribution in [3.05, 3.63) is 18.0 Å². The van der Waals surface area contributed by atoms with Gasteiger partial charge in [0.2, 0.25) is 0 Å². The van der Waals surface area contributed by atoms with Crippen LogP contribution in [0.25, 0.3) is 0 Å². The SMILES string of the molecule is Cn1cc(CNC2[C@@H]3CCN(C(=O)OC(C)(C)C)[C@@H]3C2(C)C)cn1. The highest BCUT2D eigenvalue weighted by atomic mass is 16.6. The predicted octanol–water partition coefficient (Wildman–Crippen LogP) is 2.54. The summed E-state index contributed by atoms with van der Waals surface area (Å²) in [5.74, 6) is 0.504. The Morgan fingerprint density at radius 1 is 1.46 bits per heavy atom. The van der Waals surface area contributed by atoms with Crippen molar-refractivity contribution in [2.24, 2.45) is 18.4 Å². The normalized spacial score (nSPS) is 28.4. The highest BCUT2D eigenvalue weighted by Crippen LogP contribution is 2.53. The first kappa shape index (κ1) is 17.3. The van der Waals surface area contributed by atoms with Crippen LogP contribution < -0.4 is 5.32 Å². The first-order valence-electron chi connectivity index (χ1n) is 8.80. The minimum atomic E-state index is -0.443. The molecule has 1 amide bonds. The number of amides is 1. The Balaban J connectivity index is 1.63. The van der Waals surface area contributed by atoms with Gasteiger partial charge in [-0.1, -0.05) is 13.8 Å². The van der Waals surface area contributed by atoms with Crippen molar-refractivity contribution in [2.45, 2.75) is 65.3 Å². The van der Waals surface area contributed by atoms with Gasteiger partial charge in [-0.2, -0.15) is 5.10 Å². The van der Waals surface area contributed by atoms with Gasteiger partial charge in [0.15, 0.2) is 0 Å². The van der Waals surface area contributed by atoms with Crippen molar-refractivity contribution in [2.75, 3.05) is 6.54 Å². The minimum Gasteiger partial charge on any atom is -0.444 e. The molecule has 3 rings (SSSR count). The van der Waals surface area contributed by atoms with Crippen LogP contribution in [0.2, 0.25) is 0 Å². The summed E-state index contributed by atoms with van der Waals surface area (Å²) in [6.07, 6.45) is 4.81. The van der Waals surface area contributed by atoms with E-state index in [0.717, 1.165) is 19.5 Å². The lowest BCUT2D eigenvalue weighted by atomic mass is 9.56. The first-order valence-corrected chi connectivity index (χ1v) is 8.80. The van der Waals surface area contributed by atoms with Crippen molar-refractivity contribution in [3.63, 3.8) is 0 Å². The smallest absolute Gasteiger partial charge is 0.410 e. The molecule has 1 aliphatic heterocycles. The molecule has 0 spiro atoms. The summed E-state index contributed by atoms with van der Waals surface area (Å²) in [5.41, 5.74) is 0.792. The van der Waals surface area contributed by atoms with E-state index in [9.17, 15) is 4.79 Å². The summed E-state index contributed by atoms with van der Waals surface area (Å²) >= 11 is 0. The van der Waals surface area contributed by atoms with Crippen LogP contribution in [-0.4, -0.2) is 45.0 Å². The molecule has 1 unspecified atom stereocenters. The molecule has 6 nitrogen and oxygen atoms in total. The maximum atomic E-state index is 12.5. The van der Waals surface area contributed by atoms with Gasteiger partial charge < -0.3 is 15.0 Å². The molecular formula is C18H30N4O2. The van der Waals surface area contributed by atoms with E-state index >= 15 is 0 Å². The van der Waals surface area contributed by atoms with Crippen LogP contribution >= 0.6 is 0 Å². The van der Waals surface area contributed by atoms with Gasteiger partial charge in [0.1, 0.15) is 5.60 Å². The number of likely N-dealkylation sites (tertiary alicyclic amines) is 1. The number of carbonyl (C=O) groups excluding carboxylic acids is 1. The third-order valence-electron chi connectivity index (χ3n) is 5.35. The van der Waals surface area contributed by atoms with Crippen molar-refractivity contribution in [1.29, 1.82) is 0 Å². The fourth-order valence-electron chi connectivity index (χ4n) is 4.47. The van der Waals surface area contributed by atoms with Crippen LogP contribution in [0, 0.1) is 11.3 Å². The quantitative estimate of drug-likeness (QED) is 0.923. The molecule has 1 saturated heterocycles. The molecule has 1 aromatic heterocycles. The van der Waals surface area contributed by atoms with Gasteiger partial charge in [-0.3, -0.25) is 4.68 Å². The maximum absolute atomic E-state index is 12.5. The maximum Gasteiger partial charge on any atom is 0.410 e. The van der Waals surface area contributed by atoms with Crippen LogP contribution in [-0.2, 0) is 18.3 Å². The van der Waals surface area contributed by atoms with E-state index in [1.807, 2.05) is 49.8 Å². The molecule has 0 radical (unpaired) electrons. The van der Waals surface area contributed by atoms with Gasteiger partial charge in [-0.05, 0) is 33.1 Å². The lowest BCUT2D eigenvalue weighted by Crippen LogP contribution is -2.69. The summed E-state index contributed by atoms with van der Waals surface area (Å²) in [5, 5.41) is 7.90. The van der Waals surface area contributed by atoms with E-state index in [4.69, 9.17) is 4.74 Å². The highest BCUT2D eigenvalue weighted by Gasteiger charge is 2.62. The Morgan fingerprint density at radius 3 is 2.75 bits per heavy atom. The van der Waals surface area contributed by atoms with Crippen molar-refractivity contribution in [1.82, 2.24) is 20.0 Å². The number of ether oxygens (including phenoxy) is 1. The number of aryl methyl sites for hydroxylation is 1. The van der Waals surface area contributed by atoms with Crippen LogP contribution in [0.3, 0.4) is 0 Å². The minimum absolute atomic E-state index is 0.0419. The molecule has 2 fully saturated rings. The third-order valence-corrected chi connectivity index (χ3v) is 5.35. The number of rotatable bonds is 3. The van der Waals surface area contributed by atoms with E-state index in [2.05, 4.69) is 24.3 Å². The van der Waals surface area contributed by atoms with Gasteiger partial charge in [-0.15, -0.1) is 0 Å². The summed E-state index contributed by atoms with van der Waals surface area (Å²) in [4.78, 5) is 14.4. The Labute approximate surface area is 144 Å². The second-order valence-electron chi connectivity index (χ2n) is 8.77. The molecule has 1 N–H and O–H groups in total. The van der Waals surface area contributed by atoms with Gasteiger partial charge >= 0.3 is 6.09 Å². The third kappa shape index (κ3) is 3.04. The number of fused-ring (bicyclic) bond motifs is 1. The zero-order valence-corrected chi connectivity index (χ0v) is 15.7. The molecule has 2 heterocycles. The number of hydrogen-bond acceptors (Lipinski definition) is 4. The second kappa shape index (κ2) is 5.76. The van der Waals surface area contributed by atoms with Crippen molar-refractivity contribution < 1.29 is 9.53 Å². The highest BCUT2D eigenvalue weighted by molar-refractivity contribution is 5.69. The average molecular weight is 334 g/mol. The summed E-state index contributed by atoms with van der Waals surface area (Å²) < 4.78 is 7.42. The fourth-order valence-corrected chi connectivity index (χ4v) is 4.47. The Morgan fingerprint density at radius 2 is 2.17 bits per heavy atom. The summed E-state index contributed by atoms with van der Waals surface area (Å²) in [6, 6.07) is 0.675. The van der Waals surface area contributed by atoms with Crippen LogP contribution in [0.1, 0.15) is 46.6 Å². The molecule has 1 saturated carbocycles. The molecule has 24 heavy (non-hydrogen) atoms. The standard InChI is InChI=1S/C18H30N4O2/c1-17(2,3)24-16(23)22-8-7-13-14(18(4,5)15(13)22)19-9-12-10-20-21(6)11-12/h10-11,13-15,19H,7-9H2,1-6H3/t13-,14?,15-/m0/s1. The molecular weight excluding hydrogens is 304 g/mol. The lowest BCUT2D eigenvalue weighted by molar-refractivity contribution is -0.0603. The predicted molar refractivity (Wildman–Crippen MR) is 92.5 cm³/mol. The molecule has 2 aliphatic rings. The summed E-state index contributed by atoms with van der Waals surface area (Å²) in [6.45, 7) is 11.9. The molecule has 134 valence electrons. The number of nitrogens with one attached hydrogen (secondary N) is 1. The Hall–Kier alpha value is -1.56. The van der Waals surface area contributed by atoms with Gasteiger partial charge in [0, 0.05) is 49.4 Å². The molecule has 0 bridgehead atoms. The number of aromatic nitrogens is 2. The monoisotopic (exact) mass is 334 g/mol. The molecule has 6 heteroatoms. The summed E-state index contributed by atoms with van der Waals surface area (Å²) in [7, 11) is 1.93. The van der Waals surface area contributed by atoms with E-state index in [0.29, 0.717) is 12.0 Å². The van der Waals surface area contributed by atoms with E-state index in [1.54, 1.807) is 0 Å². The van der Waals surface area contributed by atoms with Crippen molar-refractivity contribution in [3.8, 4) is 0 Å². The Bertz CT molecular complexity index is 617. The Kier molecular flexibility index (Phi) is 4.14. The molecule has 3 atom stereocenters. The first-order chi connectivity index (χ1) is 11.1. The fraction of sp³-hybridized carbons (Fsp3) is 0.778. The van der Waals surface area contributed by atoms with E-state index < -0.39 is 5.60 Å². The van der Waals surface area contributed by atoms with Gasteiger partial charge in [0.05, 0.1) is 6.20 Å². The van der Waals surface area contributed by atoms with E-state index in [-0.39, 0.29) is 17.6 Å². The van der Waals surface area contributed by atoms with Crippen LogP contribution in [0.4, 0.5) is 4.79 Å². The average Bonchev–Trinajstić information content (AvgIpc) is 3.02. The second-order valence-corrected chi connectivity index (χ2v) is 8.77. The van der Waals surface area contributed by atoms with Gasteiger partial charge in [-0.25, -0.2) is 4.79 Å². The molecule has 1 aliphatic carbocycles. The van der Waals surface area contributed by atoms with Gasteiger partial charge in [0.25, 0.3) is 0 Å². The van der Waals surface area contributed by atoms with E-state index in [1.165, 1.54) is 5.56 Å².